The number of rotatable bonds is 5. The van der Waals surface area contributed by atoms with Crippen molar-refractivity contribution in [1.82, 2.24) is 20.2 Å². The third-order valence-corrected chi connectivity index (χ3v) is 6.45. The number of carbonyl (C=O) groups excluding carboxylic acids is 1. The maximum Gasteiger partial charge on any atom is 0.573 e. The van der Waals surface area contributed by atoms with Crippen molar-refractivity contribution in [2.75, 3.05) is 43.4 Å². The van der Waals surface area contributed by atoms with Crippen LogP contribution in [0.25, 0.3) is 11.3 Å². The molecule has 8 nitrogen and oxygen atoms in total. The second kappa shape index (κ2) is 9.30. The minimum atomic E-state index is -4.85. The Morgan fingerprint density at radius 1 is 1.08 bits per heavy atom. The fourth-order valence-corrected chi connectivity index (χ4v) is 4.55. The van der Waals surface area contributed by atoms with E-state index in [0.717, 1.165) is 48.6 Å². The second-order valence-electron chi connectivity index (χ2n) is 8.86. The number of nitrogens with one attached hydrogen (secondary N) is 2. The van der Waals surface area contributed by atoms with Gasteiger partial charge in [-0.1, -0.05) is 12.1 Å². The van der Waals surface area contributed by atoms with Crippen LogP contribution in [0.1, 0.15) is 21.5 Å². The summed E-state index contributed by atoms with van der Waals surface area (Å²) in [5.41, 5.74) is 4.49. The van der Waals surface area contributed by atoms with Gasteiger partial charge in [0.25, 0.3) is 5.91 Å². The predicted molar refractivity (Wildman–Crippen MR) is 129 cm³/mol. The molecule has 0 unspecified atom stereocenters. The number of likely N-dealkylation sites (N-methyl/N-ethyl adjacent to an activating group) is 1. The van der Waals surface area contributed by atoms with Crippen LogP contribution in [0.2, 0.25) is 0 Å². The van der Waals surface area contributed by atoms with E-state index in [9.17, 15) is 18.0 Å². The first-order valence-electron chi connectivity index (χ1n) is 11.5. The Kier molecular flexibility index (Phi) is 6.17. The van der Waals surface area contributed by atoms with Crippen LogP contribution >= 0.6 is 0 Å². The lowest BCUT2D eigenvalue weighted by molar-refractivity contribution is -0.274. The number of aromatic nitrogens is 2. The molecule has 11 heteroatoms. The Morgan fingerprint density at radius 3 is 2.61 bits per heavy atom. The quantitative estimate of drug-likeness (QED) is 0.548. The van der Waals surface area contributed by atoms with E-state index in [1.807, 2.05) is 26.1 Å². The molecule has 1 saturated heterocycles. The van der Waals surface area contributed by atoms with E-state index in [-0.39, 0.29) is 23.3 Å². The fraction of sp³-hybridized carbons (Fsp3) is 0.320. The van der Waals surface area contributed by atoms with Crippen molar-refractivity contribution in [2.24, 2.45) is 0 Å². The summed E-state index contributed by atoms with van der Waals surface area (Å²) in [6.07, 6.45) is -3.33. The Hall–Kier alpha value is -3.86. The van der Waals surface area contributed by atoms with Crippen molar-refractivity contribution < 1.29 is 22.7 Å². The highest BCUT2D eigenvalue weighted by Crippen LogP contribution is 2.36. The molecule has 3 heterocycles. The summed E-state index contributed by atoms with van der Waals surface area (Å²) in [5.74, 6) is -0.398. The molecule has 188 valence electrons. The lowest BCUT2D eigenvalue weighted by Crippen LogP contribution is -2.44. The molecule has 0 atom stereocenters. The molecule has 3 aromatic rings. The van der Waals surface area contributed by atoms with Gasteiger partial charge in [0.1, 0.15) is 0 Å². The Morgan fingerprint density at radius 2 is 1.86 bits per heavy atom. The van der Waals surface area contributed by atoms with E-state index in [0.29, 0.717) is 17.8 Å². The molecule has 0 saturated carbocycles. The van der Waals surface area contributed by atoms with Crippen LogP contribution < -0.4 is 20.3 Å². The Labute approximate surface area is 206 Å². The fourth-order valence-electron chi connectivity index (χ4n) is 4.55. The number of anilines is 3. The van der Waals surface area contributed by atoms with Crippen LogP contribution in [-0.4, -0.2) is 60.4 Å². The lowest BCUT2D eigenvalue weighted by atomic mass is 9.96. The Balaban J connectivity index is 1.47. The average Bonchev–Trinajstić information content (AvgIpc) is 3.22. The van der Waals surface area contributed by atoms with E-state index >= 15 is 0 Å². The molecule has 0 bridgehead atoms. The highest BCUT2D eigenvalue weighted by molar-refractivity contribution is 6.01. The van der Waals surface area contributed by atoms with Gasteiger partial charge >= 0.3 is 6.36 Å². The van der Waals surface area contributed by atoms with Crippen molar-refractivity contribution >= 4 is 23.2 Å². The van der Waals surface area contributed by atoms with E-state index < -0.39 is 6.36 Å². The van der Waals surface area contributed by atoms with Crippen LogP contribution in [0.15, 0.2) is 42.6 Å². The van der Waals surface area contributed by atoms with Gasteiger partial charge in [0.2, 0.25) is 5.95 Å². The number of fused-ring (bicyclic) bond motifs is 1. The van der Waals surface area contributed by atoms with Gasteiger partial charge in [-0.05, 0) is 49.4 Å². The zero-order valence-electron chi connectivity index (χ0n) is 19.8. The molecule has 0 radical (unpaired) electrons. The highest BCUT2D eigenvalue weighted by atomic mass is 19.4. The largest absolute Gasteiger partial charge is 0.573 e. The molecule has 1 amide bonds. The minimum absolute atomic E-state index is 0.103. The number of benzene rings is 2. The number of halogens is 3. The number of nitrogens with zero attached hydrogens (tertiary/aromatic N) is 4. The number of amides is 1. The monoisotopic (exact) mass is 498 g/mol. The molecule has 1 fully saturated rings. The molecule has 5 rings (SSSR count). The van der Waals surface area contributed by atoms with Gasteiger partial charge in [-0.3, -0.25) is 4.79 Å². The molecule has 2 aromatic carbocycles. The summed E-state index contributed by atoms with van der Waals surface area (Å²) in [6, 6.07) is 9.99. The molecule has 2 aliphatic heterocycles. The second-order valence-corrected chi connectivity index (χ2v) is 8.86. The standard InChI is InChI=1S/C25H25F3N6O2/c1-15-18(5-3-16-14-30-23(35)22(15)16)19-7-8-29-24(31-19)32-20-13-17(34-11-9-33(2)10-12-34)4-6-21(20)36-25(26,27)28/h3-8,13H,9-12,14H2,1-2H3,(H,30,35)(H,29,31,32). The minimum Gasteiger partial charge on any atom is -0.404 e. The van der Waals surface area contributed by atoms with Crippen molar-refractivity contribution in [3.63, 3.8) is 0 Å². The number of hydrogen-bond acceptors (Lipinski definition) is 7. The average molecular weight is 499 g/mol. The van der Waals surface area contributed by atoms with Crippen LogP contribution in [0.3, 0.4) is 0 Å². The first kappa shape index (κ1) is 23.9. The molecule has 2 aliphatic rings. The lowest BCUT2D eigenvalue weighted by Gasteiger charge is -2.34. The summed E-state index contributed by atoms with van der Waals surface area (Å²) < 4.78 is 43.6. The highest BCUT2D eigenvalue weighted by Gasteiger charge is 2.32. The molecule has 2 N–H and O–H groups in total. The Bertz CT molecular complexity index is 1310. The maximum absolute atomic E-state index is 13.1. The smallest absolute Gasteiger partial charge is 0.404 e. The van der Waals surface area contributed by atoms with Gasteiger partial charge < -0.3 is 25.2 Å². The zero-order chi connectivity index (χ0) is 25.4. The van der Waals surface area contributed by atoms with Crippen molar-refractivity contribution in [3.05, 3.63) is 59.3 Å². The number of piperazine rings is 1. The third-order valence-electron chi connectivity index (χ3n) is 6.45. The topological polar surface area (TPSA) is 82.6 Å². The van der Waals surface area contributed by atoms with Crippen molar-refractivity contribution in [3.8, 4) is 17.0 Å². The van der Waals surface area contributed by atoms with Gasteiger partial charge in [0.15, 0.2) is 5.75 Å². The summed E-state index contributed by atoms with van der Waals surface area (Å²) in [4.78, 5) is 25.3. The van der Waals surface area contributed by atoms with E-state index in [2.05, 4.69) is 35.1 Å². The summed E-state index contributed by atoms with van der Waals surface area (Å²) >= 11 is 0. The predicted octanol–water partition coefficient (Wildman–Crippen LogP) is 4.09. The van der Waals surface area contributed by atoms with E-state index in [4.69, 9.17) is 0 Å². The van der Waals surface area contributed by atoms with Gasteiger partial charge in [-0.15, -0.1) is 13.2 Å². The van der Waals surface area contributed by atoms with E-state index in [1.54, 1.807) is 18.2 Å². The van der Waals surface area contributed by atoms with Crippen molar-refractivity contribution in [1.29, 1.82) is 0 Å². The van der Waals surface area contributed by atoms with Gasteiger partial charge in [0.05, 0.1) is 11.4 Å². The first-order chi connectivity index (χ1) is 17.2. The molecule has 0 spiro atoms. The van der Waals surface area contributed by atoms with Gasteiger partial charge in [0, 0.05) is 55.7 Å². The first-order valence-corrected chi connectivity index (χ1v) is 11.5. The SMILES string of the molecule is Cc1c(-c2ccnc(Nc3cc(N4CCN(C)CC4)ccc3OC(F)(F)F)n2)ccc2c1C(=O)NC2. The van der Waals surface area contributed by atoms with Gasteiger partial charge in [-0.25, -0.2) is 9.97 Å². The summed E-state index contributed by atoms with van der Waals surface area (Å²) in [5, 5.41) is 5.72. The number of alkyl halides is 3. The molecular formula is C25H25F3N6O2. The summed E-state index contributed by atoms with van der Waals surface area (Å²) in [7, 11) is 2.03. The number of hydrogen-bond donors (Lipinski definition) is 2. The van der Waals surface area contributed by atoms with Crippen LogP contribution in [0.5, 0.6) is 5.75 Å². The van der Waals surface area contributed by atoms with Crippen LogP contribution in [-0.2, 0) is 6.54 Å². The molecule has 1 aromatic heterocycles. The van der Waals surface area contributed by atoms with Gasteiger partial charge in [-0.2, -0.15) is 0 Å². The molecule has 36 heavy (non-hydrogen) atoms. The summed E-state index contributed by atoms with van der Waals surface area (Å²) in [6.45, 7) is 5.56. The van der Waals surface area contributed by atoms with Crippen molar-refractivity contribution in [2.45, 2.75) is 19.8 Å². The van der Waals surface area contributed by atoms with Crippen LogP contribution in [0, 0.1) is 6.92 Å². The molecule has 0 aliphatic carbocycles. The number of ether oxygens (including phenoxy) is 1. The number of carbonyl (C=O) groups is 1. The zero-order valence-corrected chi connectivity index (χ0v) is 19.8. The normalized spacial score (nSPS) is 16.0. The van der Waals surface area contributed by atoms with E-state index in [1.165, 1.54) is 12.3 Å². The molecular weight excluding hydrogens is 473 g/mol. The maximum atomic E-state index is 13.1. The van der Waals surface area contributed by atoms with Crippen LogP contribution in [0.4, 0.5) is 30.5 Å². The third kappa shape index (κ3) is 4.92.